The summed E-state index contributed by atoms with van der Waals surface area (Å²) in [5.74, 6) is 1.75. The highest BCUT2D eigenvalue weighted by Crippen LogP contribution is 2.36. The highest BCUT2D eigenvalue weighted by molar-refractivity contribution is 5.85. The second kappa shape index (κ2) is 7.55. The first-order valence-electron chi connectivity index (χ1n) is 7.91. The zero-order chi connectivity index (χ0) is 15.1. The Labute approximate surface area is 154 Å². The number of hydrogen-bond donors (Lipinski definition) is 2. The highest BCUT2D eigenvalue weighted by Gasteiger charge is 2.29. The molecular formula is C17H23Cl2N5. The number of nitrogen functional groups attached to an aromatic ring is 1. The van der Waals surface area contributed by atoms with Gasteiger partial charge in [-0.3, -0.25) is 0 Å². The fraction of sp³-hybridized carbons (Fsp3) is 0.412. The van der Waals surface area contributed by atoms with Gasteiger partial charge in [-0.2, -0.15) is 4.98 Å². The molecule has 1 aromatic heterocycles. The van der Waals surface area contributed by atoms with Crippen molar-refractivity contribution in [3.8, 4) is 0 Å². The SMILES string of the molecule is Cl.Cl.Nc1nc(C2CC(N)C2)cc(N2CCc3ccccc3C2)n1. The van der Waals surface area contributed by atoms with Gasteiger partial charge >= 0.3 is 0 Å². The Bertz CT molecular complexity index is 703. The molecule has 1 aromatic carbocycles. The van der Waals surface area contributed by atoms with Crippen LogP contribution in [0.25, 0.3) is 0 Å². The van der Waals surface area contributed by atoms with Crippen LogP contribution in [0.15, 0.2) is 30.3 Å². The van der Waals surface area contributed by atoms with Crippen molar-refractivity contribution in [1.82, 2.24) is 9.97 Å². The molecule has 24 heavy (non-hydrogen) atoms. The maximum Gasteiger partial charge on any atom is 0.222 e. The van der Waals surface area contributed by atoms with Crippen molar-refractivity contribution in [2.75, 3.05) is 17.2 Å². The lowest BCUT2D eigenvalue weighted by molar-refractivity contribution is 0.345. The lowest BCUT2D eigenvalue weighted by Crippen LogP contribution is -2.36. The molecule has 2 aliphatic rings. The number of hydrogen-bond acceptors (Lipinski definition) is 5. The Hall–Kier alpha value is -1.56. The molecule has 130 valence electrons. The van der Waals surface area contributed by atoms with Gasteiger partial charge in [-0.05, 0) is 30.4 Å². The van der Waals surface area contributed by atoms with E-state index in [0.29, 0.717) is 17.9 Å². The Morgan fingerprint density at radius 2 is 1.75 bits per heavy atom. The van der Waals surface area contributed by atoms with E-state index in [1.54, 1.807) is 0 Å². The fourth-order valence-electron chi connectivity index (χ4n) is 3.44. The summed E-state index contributed by atoms with van der Waals surface area (Å²) in [5, 5.41) is 0. The minimum Gasteiger partial charge on any atom is -0.368 e. The van der Waals surface area contributed by atoms with Gasteiger partial charge in [0, 0.05) is 31.1 Å². The van der Waals surface area contributed by atoms with Crippen molar-refractivity contribution in [1.29, 1.82) is 0 Å². The summed E-state index contributed by atoms with van der Waals surface area (Å²) in [6.45, 7) is 1.85. The number of halogens is 2. The van der Waals surface area contributed by atoms with Crippen LogP contribution in [0.1, 0.15) is 35.6 Å². The Morgan fingerprint density at radius 3 is 2.46 bits per heavy atom. The molecule has 4 rings (SSSR count). The number of benzene rings is 1. The van der Waals surface area contributed by atoms with E-state index in [-0.39, 0.29) is 24.8 Å². The monoisotopic (exact) mass is 367 g/mol. The number of fused-ring (bicyclic) bond motifs is 1. The van der Waals surface area contributed by atoms with Gasteiger partial charge in [-0.15, -0.1) is 24.8 Å². The molecule has 7 heteroatoms. The lowest BCUT2D eigenvalue weighted by atomic mass is 9.78. The molecule has 1 aliphatic heterocycles. The molecule has 1 aliphatic carbocycles. The minimum atomic E-state index is 0. The Balaban J connectivity index is 0.00000104. The quantitative estimate of drug-likeness (QED) is 0.852. The molecule has 4 N–H and O–H groups in total. The molecule has 0 saturated heterocycles. The summed E-state index contributed by atoms with van der Waals surface area (Å²) in [5.41, 5.74) is 15.7. The van der Waals surface area contributed by atoms with Crippen LogP contribution in [0.2, 0.25) is 0 Å². The standard InChI is InChI=1S/C17H21N5.2ClH/c18-14-7-13(8-14)15-9-16(21-17(19)20-15)22-6-5-11-3-1-2-4-12(11)10-22;;/h1-4,9,13-14H,5-8,10,18H2,(H2,19,20,21);2*1H. The number of aromatic nitrogens is 2. The van der Waals surface area contributed by atoms with Gasteiger partial charge in [-0.1, -0.05) is 24.3 Å². The van der Waals surface area contributed by atoms with Crippen molar-refractivity contribution >= 4 is 36.6 Å². The lowest BCUT2D eigenvalue weighted by Gasteiger charge is -2.33. The van der Waals surface area contributed by atoms with Crippen LogP contribution in [0.5, 0.6) is 0 Å². The topological polar surface area (TPSA) is 81.1 Å². The molecule has 1 saturated carbocycles. The Morgan fingerprint density at radius 1 is 1.04 bits per heavy atom. The van der Waals surface area contributed by atoms with E-state index in [1.165, 1.54) is 11.1 Å². The van der Waals surface area contributed by atoms with Crippen LogP contribution in [0, 0.1) is 0 Å². The van der Waals surface area contributed by atoms with Crippen LogP contribution < -0.4 is 16.4 Å². The van der Waals surface area contributed by atoms with Crippen molar-refractivity contribution in [2.45, 2.75) is 37.8 Å². The second-order valence-corrected chi connectivity index (χ2v) is 6.38. The van der Waals surface area contributed by atoms with E-state index in [4.69, 9.17) is 11.5 Å². The molecule has 0 radical (unpaired) electrons. The second-order valence-electron chi connectivity index (χ2n) is 6.38. The van der Waals surface area contributed by atoms with Gasteiger partial charge in [0.1, 0.15) is 5.82 Å². The van der Waals surface area contributed by atoms with Crippen molar-refractivity contribution in [3.05, 3.63) is 47.2 Å². The molecule has 1 fully saturated rings. The van der Waals surface area contributed by atoms with Gasteiger partial charge < -0.3 is 16.4 Å². The van der Waals surface area contributed by atoms with E-state index in [0.717, 1.165) is 43.9 Å². The molecule has 2 aromatic rings. The third-order valence-corrected chi connectivity index (χ3v) is 4.80. The Kier molecular flexibility index (Phi) is 5.91. The smallest absolute Gasteiger partial charge is 0.222 e. The molecule has 5 nitrogen and oxygen atoms in total. The average molecular weight is 368 g/mol. The molecule has 0 amide bonds. The number of nitrogens with zero attached hydrogens (tertiary/aromatic N) is 3. The van der Waals surface area contributed by atoms with E-state index >= 15 is 0 Å². The third kappa shape index (κ3) is 3.58. The summed E-state index contributed by atoms with van der Waals surface area (Å²) < 4.78 is 0. The van der Waals surface area contributed by atoms with Gasteiger partial charge in [-0.25, -0.2) is 4.98 Å². The number of anilines is 2. The van der Waals surface area contributed by atoms with Crippen molar-refractivity contribution in [3.63, 3.8) is 0 Å². The van der Waals surface area contributed by atoms with Crippen LogP contribution in [0.4, 0.5) is 11.8 Å². The van der Waals surface area contributed by atoms with E-state index in [1.807, 2.05) is 0 Å². The van der Waals surface area contributed by atoms with Crippen LogP contribution in [0.3, 0.4) is 0 Å². The molecule has 0 atom stereocenters. The highest BCUT2D eigenvalue weighted by atomic mass is 35.5. The van der Waals surface area contributed by atoms with E-state index in [9.17, 15) is 0 Å². The summed E-state index contributed by atoms with van der Waals surface area (Å²) in [4.78, 5) is 11.2. The fourth-order valence-corrected chi connectivity index (χ4v) is 3.44. The first-order valence-corrected chi connectivity index (χ1v) is 7.91. The van der Waals surface area contributed by atoms with Gasteiger partial charge in [0.05, 0.1) is 5.69 Å². The van der Waals surface area contributed by atoms with Crippen molar-refractivity contribution < 1.29 is 0 Å². The predicted molar refractivity (Wildman–Crippen MR) is 102 cm³/mol. The number of rotatable bonds is 2. The van der Waals surface area contributed by atoms with Gasteiger partial charge in [0.2, 0.25) is 5.95 Å². The van der Waals surface area contributed by atoms with Crippen LogP contribution >= 0.6 is 24.8 Å². The first-order chi connectivity index (χ1) is 10.7. The van der Waals surface area contributed by atoms with Crippen LogP contribution in [-0.4, -0.2) is 22.6 Å². The summed E-state index contributed by atoms with van der Waals surface area (Å²) >= 11 is 0. The average Bonchev–Trinajstić information content (AvgIpc) is 2.51. The minimum absolute atomic E-state index is 0. The largest absolute Gasteiger partial charge is 0.368 e. The summed E-state index contributed by atoms with van der Waals surface area (Å²) in [6, 6.07) is 11.0. The maximum atomic E-state index is 5.93. The third-order valence-electron chi connectivity index (χ3n) is 4.80. The van der Waals surface area contributed by atoms with E-state index < -0.39 is 0 Å². The first kappa shape index (κ1) is 18.8. The molecule has 0 unspecified atom stereocenters. The molecular weight excluding hydrogens is 345 g/mol. The van der Waals surface area contributed by atoms with E-state index in [2.05, 4.69) is 45.2 Å². The van der Waals surface area contributed by atoms with Crippen molar-refractivity contribution in [2.24, 2.45) is 5.73 Å². The van der Waals surface area contributed by atoms with Crippen LogP contribution in [-0.2, 0) is 13.0 Å². The summed E-state index contributed by atoms with van der Waals surface area (Å²) in [7, 11) is 0. The van der Waals surface area contributed by atoms with Gasteiger partial charge in [0.25, 0.3) is 0 Å². The maximum absolute atomic E-state index is 5.93. The molecule has 0 bridgehead atoms. The zero-order valence-electron chi connectivity index (χ0n) is 13.4. The zero-order valence-corrected chi connectivity index (χ0v) is 15.0. The number of nitrogens with two attached hydrogens (primary N) is 2. The predicted octanol–water partition coefficient (Wildman–Crippen LogP) is 2.67. The summed E-state index contributed by atoms with van der Waals surface area (Å²) in [6.07, 6.45) is 3.04. The van der Waals surface area contributed by atoms with Gasteiger partial charge in [0.15, 0.2) is 0 Å². The molecule has 0 spiro atoms. The molecule has 2 heterocycles. The normalized spacial score (nSPS) is 21.8.